The molecular weight excluding hydrogens is 422 g/mol. The maximum Gasteiger partial charge on any atom is 0.288 e. The zero-order valence-electron chi connectivity index (χ0n) is 17.2. The fourth-order valence-corrected chi connectivity index (χ4v) is 6.48. The number of nitrogens with zero attached hydrogens (tertiary/aromatic N) is 5. The summed E-state index contributed by atoms with van der Waals surface area (Å²) in [6.07, 6.45) is 4.99. The lowest BCUT2D eigenvalue weighted by atomic mass is 9.96. The summed E-state index contributed by atoms with van der Waals surface area (Å²) in [5, 5.41) is 6.26. The van der Waals surface area contributed by atoms with Crippen LogP contribution in [0.2, 0.25) is 0 Å². The predicted molar refractivity (Wildman–Crippen MR) is 116 cm³/mol. The van der Waals surface area contributed by atoms with Gasteiger partial charge in [-0.25, -0.2) is 9.19 Å². The molecule has 1 saturated heterocycles. The zero-order valence-corrected chi connectivity index (χ0v) is 18.8. The fourth-order valence-electron chi connectivity index (χ4n) is 4.01. The molecule has 2 aliphatic rings. The second kappa shape index (κ2) is 8.97. The number of aryl methyl sites for hydroxylation is 2. The molecule has 2 atom stereocenters. The molecule has 0 aromatic carbocycles. The van der Waals surface area contributed by atoms with Crippen LogP contribution in [0.1, 0.15) is 47.9 Å². The van der Waals surface area contributed by atoms with E-state index in [-0.39, 0.29) is 11.7 Å². The molecule has 2 unspecified atom stereocenters. The molecule has 0 saturated carbocycles. The van der Waals surface area contributed by atoms with Crippen LogP contribution >= 0.6 is 11.3 Å². The summed E-state index contributed by atoms with van der Waals surface area (Å²) in [6.45, 7) is 3.89. The Hall–Kier alpha value is -2.07. The normalized spacial score (nSPS) is 24.2. The van der Waals surface area contributed by atoms with Gasteiger partial charge in [0.2, 0.25) is 5.91 Å². The predicted octanol–water partition coefficient (Wildman–Crippen LogP) is 2.40. The Morgan fingerprint density at radius 1 is 1.30 bits per heavy atom. The van der Waals surface area contributed by atoms with E-state index < -0.39 is 15.6 Å². The number of carbonyl (C=O) groups is 2. The number of thiazole rings is 1. The van der Waals surface area contributed by atoms with Crippen molar-refractivity contribution in [2.45, 2.75) is 45.6 Å². The van der Waals surface area contributed by atoms with E-state index in [0.717, 1.165) is 30.8 Å². The van der Waals surface area contributed by atoms with Gasteiger partial charge in [0, 0.05) is 42.9 Å². The SMILES string of the molecule is CC1CCn2ncc(C(=O)N=S3(=O)CCCN(C(=O)CCc4cscn4)CC3)c2C1. The van der Waals surface area contributed by atoms with Gasteiger partial charge in [-0.05, 0) is 31.6 Å². The highest BCUT2D eigenvalue weighted by Gasteiger charge is 2.26. The molecule has 0 N–H and O–H groups in total. The van der Waals surface area contributed by atoms with Crippen molar-refractivity contribution in [1.82, 2.24) is 19.7 Å². The summed E-state index contributed by atoms with van der Waals surface area (Å²) in [4.78, 5) is 31.4. The number of aromatic nitrogens is 3. The van der Waals surface area contributed by atoms with Gasteiger partial charge in [0.05, 0.1) is 38.4 Å². The molecular formula is C20H27N5O3S2. The number of amides is 2. The lowest BCUT2D eigenvalue weighted by Gasteiger charge is -2.20. The number of hydrogen-bond acceptors (Lipinski definition) is 6. The van der Waals surface area contributed by atoms with Crippen LogP contribution in [-0.2, 0) is 33.9 Å². The summed E-state index contributed by atoms with van der Waals surface area (Å²) in [5.41, 5.74) is 4.06. The molecule has 0 spiro atoms. The van der Waals surface area contributed by atoms with Crippen LogP contribution in [-0.4, -0.2) is 60.3 Å². The van der Waals surface area contributed by atoms with Gasteiger partial charge in [0.15, 0.2) is 0 Å². The maximum atomic E-state index is 13.3. The van der Waals surface area contributed by atoms with Gasteiger partial charge < -0.3 is 4.90 Å². The van der Waals surface area contributed by atoms with E-state index in [4.69, 9.17) is 0 Å². The second-order valence-electron chi connectivity index (χ2n) is 8.12. The molecule has 10 heteroatoms. The molecule has 162 valence electrons. The molecule has 2 aliphatic heterocycles. The molecule has 4 rings (SSSR count). The van der Waals surface area contributed by atoms with E-state index in [2.05, 4.69) is 21.4 Å². The highest BCUT2D eigenvalue weighted by molar-refractivity contribution is 7.93. The Bertz CT molecular complexity index is 1040. The molecule has 0 bridgehead atoms. The van der Waals surface area contributed by atoms with Gasteiger partial charge in [-0.15, -0.1) is 11.3 Å². The Balaban J connectivity index is 1.42. The van der Waals surface area contributed by atoms with Crippen molar-refractivity contribution in [3.8, 4) is 0 Å². The minimum atomic E-state index is -2.68. The van der Waals surface area contributed by atoms with E-state index >= 15 is 0 Å². The Labute approximate surface area is 180 Å². The van der Waals surface area contributed by atoms with Gasteiger partial charge >= 0.3 is 0 Å². The van der Waals surface area contributed by atoms with Crippen molar-refractivity contribution in [3.63, 3.8) is 0 Å². The van der Waals surface area contributed by atoms with Crippen molar-refractivity contribution in [3.05, 3.63) is 34.0 Å². The first-order valence-electron chi connectivity index (χ1n) is 10.4. The minimum absolute atomic E-state index is 0.0395. The average Bonchev–Trinajstić information content (AvgIpc) is 3.34. The van der Waals surface area contributed by atoms with E-state index in [1.807, 2.05) is 10.1 Å². The third-order valence-corrected chi connectivity index (χ3v) is 8.69. The summed E-state index contributed by atoms with van der Waals surface area (Å²) in [7, 11) is -2.68. The second-order valence-corrected chi connectivity index (χ2v) is 11.4. The first-order chi connectivity index (χ1) is 14.4. The molecule has 2 aromatic rings. The fraction of sp³-hybridized carbons (Fsp3) is 0.600. The van der Waals surface area contributed by atoms with E-state index in [1.165, 1.54) is 11.3 Å². The van der Waals surface area contributed by atoms with Crippen LogP contribution in [0.25, 0.3) is 0 Å². The number of rotatable bonds is 4. The number of carbonyl (C=O) groups excluding carboxylic acids is 2. The van der Waals surface area contributed by atoms with Crippen molar-refractivity contribution < 1.29 is 13.8 Å². The average molecular weight is 450 g/mol. The summed E-state index contributed by atoms with van der Waals surface area (Å²) in [6, 6.07) is 0. The standard InChI is InChI=1S/C20H27N5O3S2/c1-15-5-7-25-18(11-15)17(12-22-25)20(27)23-30(28)9-2-6-24(8-10-30)19(26)4-3-16-13-29-14-21-16/h12-15H,2-11H2,1H3. The Morgan fingerprint density at radius 3 is 2.97 bits per heavy atom. The third kappa shape index (κ3) is 4.80. The van der Waals surface area contributed by atoms with Gasteiger partial charge in [0.25, 0.3) is 5.91 Å². The largest absolute Gasteiger partial charge is 0.342 e. The maximum absolute atomic E-state index is 13.3. The molecule has 8 nitrogen and oxygen atoms in total. The molecule has 1 fully saturated rings. The number of hydrogen-bond donors (Lipinski definition) is 0. The quantitative estimate of drug-likeness (QED) is 0.714. The monoisotopic (exact) mass is 449 g/mol. The first kappa shape index (κ1) is 21.2. The van der Waals surface area contributed by atoms with E-state index in [0.29, 0.717) is 49.6 Å². The highest BCUT2D eigenvalue weighted by Crippen LogP contribution is 2.23. The summed E-state index contributed by atoms with van der Waals surface area (Å²) < 4.78 is 19.4. The topological polar surface area (TPSA) is 97.5 Å². The van der Waals surface area contributed by atoms with Crippen LogP contribution in [0, 0.1) is 5.92 Å². The first-order valence-corrected chi connectivity index (χ1v) is 13.2. The van der Waals surface area contributed by atoms with E-state index in [9.17, 15) is 13.8 Å². The summed E-state index contributed by atoms with van der Waals surface area (Å²) >= 11 is 1.52. The van der Waals surface area contributed by atoms with Crippen LogP contribution in [0.4, 0.5) is 0 Å². The molecule has 4 heterocycles. The van der Waals surface area contributed by atoms with Gasteiger partial charge in [-0.2, -0.15) is 9.46 Å². The third-order valence-electron chi connectivity index (χ3n) is 5.81. The van der Waals surface area contributed by atoms with Crippen LogP contribution < -0.4 is 0 Å². The van der Waals surface area contributed by atoms with Crippen molar-refractivity contribution in [2.75, 3.05) is 24.6 Å². The zero-order chi connectivity index (χ0) is 21.1. The van der Waals surface area contributed by atoms with Crippen molar-refractivity contribution in [1.29, 1.82) is 0 Å². The van der Waals surface area contributed by atoms with Crippen LogP contribution in [0.3, 0.4) is 0 Å². The van der Waals surface area contributed by atoms with Gasteiger partial charge in [-0.1, -0.05) is 6.92 Å². The molecule has 2 amide bonds. The van der Waals surface area contributed by atoms with Crippen molar-refractivity contribution in [2.24, 2.45) is 10.3 Å². The van der Waals surface area contributed by atoms with E-state index in [1.54, 1.807) is 16.6 Å². The van der Waals surface area contributed by atoms with Crippen LogP contribution in [0.5, 0.6) is 0 Å². The Morgan fingerprint density at radius 2 is 2.17 bits per heavy atom. The van der Waals surface area contributed by atoms with Crippen LogP contribution in [0.15, 0.2) is 21.5 Å². The molecule has 0 aliphatic carbocycles. The van der Waals surface area contributed by atoms with Crippen molar-refractivity contribution >= 4 is 32.9 Å². The van der Waals surface area contributed by atoms with Gasteiger partial charge in [0.1, 0.15) is 0 Å². The van der Waals surface area contributed by atoms with Gasteiger partial charge in [-0.3, -0.25) is 14.3 Å². The molecule has 0 radical (unpaired) electrons. The smallest absolute Gasteiger partial charge is 0.288 e. The Kier molecular flexibility index (Phi) is 6.33. The lowest BCUT2D eigenvalue weighted by molar-refractivity contribution is -0.130. The highest BCUT2D eigenvalue weighted by atomic mass is 32.2. The summed E-state index contributed by atoms with van der Waals surface area (Å²) in [5.74, 6) is 0.683. The molecule has 30 heavy (non-hydrogen) atoms. The molecule has 2 aromatic heterocycles. The lowest BCUT2D eigenvalue weighted by Crippen LogP contribution is -2.33. The minimum Gasteiger partial charge on any atom is -0.342 e. The number of fused-ring (bicyclic) bond motifs is 1.